The lowest BCUT2D eigenvalue weighted by Crippen LogP contribution is -2.18. The molecule has 0 aliphatic rings. The number of imidazole rings is 1. The summed E-state index contributed by atoms with van der Waals surface area (Å²) in [6.45, 7) is 2.11. The van der Waals surface area contributed by atoms with E-state index in [1.807, 2.05) is 16.8 Å². The van der Waals surface area contributed by atoms with Crippen LogP contribution >= 0.6 is 0 Å². The molecule has 0 aliphatic heterocycles. The van der Waals surface area contributed by atoms with Crippen LogP contribution in [0.1, 0.15) is 29.5 Å². The highest BCUT2D eigenvalue weighted by molar-refractivity contribution is 5.95. The molecule has 5 heteroatoms. The van der Waals surface area contributed by atoms with Crippen molar-refractivity contribution in [3.8, 4) is 5.69 Å². The summed E-state index contributed by atoms with van der Waals surface area (Å²) in [6, 6.07) is 5.30. The van der Waals surface area contributed by atoms with Gasteiger partial charge in [-0.2, -0.15) is 0 Å². The molecule has 5 nitrogen and oxygen atoms in total. The van der Waals surface area contributed by atoms with Crippen molar-refractivity contribution >= 4 is 11.6 Å². The number of nitrogens with two attached hydrogens (primary N) is 1. The zero-order chi connectivity index (χ0) is 13.8. The van der Waals surface area contributed by atoms with Gasteiger partial charge in [0, 0.05) is 31.4 Å². The van der Waals surface area contributed by atoms with Gasteiger partial charge < -0.3 is 15.6 Å². The molecule has 0 saturated carbocycles. The van der Waals surface area contributed by atoms with Crippen molar-refractivity contribution in [2.75, 3.05) is 12.8 Å². The van der Waals surface area contributed by atoms with Crippen molar-refractivity contribution in [3.63, 3.8) is 0 Å². The van der Waals surface area contributed by atoms with Gasteiger partial charge in [-0.3, -0.25) is 4.79 Å². The molecule has 1 heterocycles. The summed E-state index contributed by atoms with van der Waals surface area (Å²) >= 11 is 0. The van der Waals surface area contributed by atoms with E-state index in [1.54, 1.807) is 25.4 Å². The van der Waals surface area contributed by atoms with Gasteiger partial charge in [-0.15, -0.1) is 0 Å². The maximum absolute atomic E-state index is 11.5. The molecule has 1 aromatic carbocycles. The highest BCUT2D eigenvalue weighted by atomic mass is 16.1. The van der Waals surface area contributed by atoms with Crippen LogP contribution in [-0.2, 0) is 6.42 Å². The Bertz CT molecular complexity index is 589. The maximum atomic E-state index is 11.5. The molecule has 0 fully saturated rings. The zero-order valence-electron chi connectivity index (χ0n) is 11.2. The van der Waals surface area contributed by atoms with Crippen LogP contribution in [0.3, 0.4) is 0 Å². The van der Waals surface area contributed by atoms with Gasteiger partial charge in [-0.05, 0) is 24.6 Å². The second kappa shape index (κ2) is 5.56. The number of rotatable bonds is 4. The van der Waals surface area contributed by atoms with E-state index >= 15 is 0 Å². The molecule has 19 heavy (non-hydrogen) atoms. The van der Waals surface area contributed by atoms with E-state index in [-0.39, 0.29) is 5.91 Å². The van der Waals surface area contributed by atoms with Crippen LogP contribution in [0, 0.1) is 0 Å². The zero-order valence-corrected chi connectivity index (χ0v) is 11.2. The number of nitrogens with zero attached hydrogens (tertiary/aromatic N) is 2. The maximum Gasteiger partial charge on any atom is 0.251 e. The lowest BCUT2D eigenvalue weighted by atomic mass is 10.1. The molecule has 1 amide bonds. The SMILES string of the molecule is CCCc1nccn1-c1ccc(C(=O)NC)cc1N. The smallest absolute Gasteiger partial charge is 0.251 e. The van der Waals surface area contributed by atoms with E-state index < -0.39 is 0 Å². The molecule has 0 aliphatic carbocycles. The van der Waals surface area contributed by atoms with Crippen LogP contribution in [0.5, 0.6) is 0 Å². The normalized spacial score (nSPS) is 10.4. The molecule has 100 valence electrons. The third kappa shape index (κ3) is 2.59. The Kier molecular flexibility index (Phi) is 3.85. The standard InChI is InChI=1S/C14H18N4O/c1-3-4-13-17-7-8-18(13)12-6-5-10(9-11(12)15)14(19)16-2/h5-9H,3-4,15H2,1-2H3,(H,16,19). The first-order chi connectivity index (χ1) is 9.17. The fraction of sp³-hybridized carbons (Fsp3) is 0.286. The lowest BCUT2D eigenvalue weighted by molar-refractivity contribution is 0.0963. The van der Waals surface area contributed by atoms with Crippen molar-refractivity contribution in [2.45, 2.75) is 19.8 Å². The summed E-state index contributed by atoms with van der Waals surface area (Å²) < 4.78 is 1.96. The topological polar surface area (TPSA) is 72.9 Å². The average molecular weight is 258 g/mol. The summed E-state index contributed by atoms with van der Waals surface area (Å²) in [6.07, 6.45) is 5.56. The predicted molar refractivity (Wildman–Crippen MR) is 75.4 cm³/mol. The number of benzene rings is 1. The number of nitrogen functional groups attached to an aromatic ring is 1. The van der Waals surface area contributed by atoms with Crippen LogP contribution in [0.2, 0.25) is 0 Å². The number of hydrogen-bond donors (Lipinski definition) is 2. The van der Waals surface area contributed by atoms with Gasteiger partial charge >= 0.3 is 0 Å². The summed E-state index contributed by atoms with van der Waals surface area (Å²) in [7, 11) is 1.60. The monoisotopic (exact) mass is 258 g/mol. The van der Waals surface area contributed by atoms with E-state index in [1.165, 1.54) is 0 Å². The van der Waals surface area contributed by atoms with Gasteiger partial charge in [0.05, 0.1) is 11.4 Å². The number of amides is 1. The molecule has 1 aromatic heterocycles. The number of carbonyl (C=O) groups is 1. The molecule has 2 aromatic rings. The first-order valence-electron chi connectivity index (χ1n) is 6.31. The van der Waals surface area contributed by atoms with Gasteiger partial charge in [0.25, 0.3) is 5.91 Å². The number of hydrogen-bond acceptors (Lipinski definition) is 3. The predicted octanol–water partition coefficient (Wildman–Crippen LogP) is 1.77. The Morgan fingerprint density at radius 1 is 1.47 bits per heavy atom. The minimum atomic E-state index is -0.141. The van der Waals surface area contributed by atoms with Gasteiger partial charge in [0.1, 0.15) is 5.82 Å². The highest BCUT2D eigenvalue weighted by Crippen LogP contribution is 2.21. The Hall–Kier alpha value is -2.30. The van der Waals surface area contributed by atoms with Crippen LogP contribution in [0.15, 0.2) is 30.6 Å². The van der Waals surface area contributed by atoms with Crippen molar-refractivity contribution < 1.29 is 4.79 Å². The molecule has 0 saturated heterocycles. The molecule has 0 spiro atoms. The summed E-state index contributed by atoms with van der Waals surface area (Å²) in [4.78, 5) is 15.9. The fourth-order valence-electron chi connectivity index (χ4n) is 2.02. The van der Waals surface area contributed by atoms with Crippen LogP contribution in [-0.4, -0.2) is 22.5 Å². The Labute approximate surface area is 112 Å². The van der Waals surface area contributed by atoms with Gasteiger partial charge in [0.15, 0.2) is 0 Å². The minimum absolute atomic E-state index is 0.141. The Morgan fingerprint density at radius 3 is 2.89 bits per heavy atom. The Balaban J connectivity index is 2.40. The molecular formula is C14H18N4O. The number of aromatic nitrogens is 2. The lowest BCUT2D eigenvalue weighted by Gasteiger charge is -2.11. The molecule has 0 unspecified atom stereocenters. The first kappa shape index (κ1) is 13.1. The number of anilines is 1. The number of aryl methyl sites for hydroxylation is 1. The quantitative estimate of drug-likeness (QED) is 0.821. The molecule has 0 radical (unpaired) electrons. The van der Waals surface area contributed by atoms with E-state index in [0.29, 0.717) is 11.3 Å². The first-order valence-corrected chi connectivity index (χ1v) is 6.31. The van der Waals surface area contributed by atoms with Crippen molar-refractivity contribution in [1.29, 1.82) is 0 Å². The molecule has 0 bridgehead atoms. The summed E-state index contributed by atoms with van der Waals surface area (Å²) in [5, 5.41) is 2.58. The van der Waals surface area contributed by atoms with E-state index in [2.05, 4.69) is 17.2 Å². The van der Waals surface area contributed by atoms with Gasteiger partial charge in [-0.1, -0.05) is 6.92 Å². The van der Waals surface area contributed by atoms with Crippen LogP contribution < -0.4 is 11.1 Å². The Morgan fingerprint density at radius 2 is 2.26 bits per heavy atom. The third-order valence-corrected chi connectivity index (χ3v) is 2.97. The summed E-state index contributed by atoms with van der Waals surface area (Å²) in [5.41, 5.74) is 8.02. The van der Waals surface area contributed by atoms with E-state index in [0.717, 1.165) is 24.4 Å². The average Bonchev–Trinajstić information content (AvgIpc) is 2.86. The number of carbonyl (C=O) groups excluding carboxylic acids is 1. The van der Waals surface area contributed by atoms with Gasteiger partial charge in [-0.25, -0.2) is 4.98 Å². The van der Waals surface area contributed by atoms with E-state index in [9.17, 15) is 4.79 Å². The molecule has 0 atom stereocenters. The van der Waals surface area contributed by atoms with E-state index in [4.69, 9.17) is 5.73 Å². The third-order valence-electron chi connectivity index (χ3n) is 2.97. The van der Waals surface area contributed by atoms with Crippen molar-refractivity contribution in [3.05, 3.63) is 42.0 Å². The molecule has 2 rings (SSSR count). The largest absolute Gasteiger partial charge is 0.397 e. The highest BCUT2D eigenvalue weighted by Gasteiger charge is 2.10. The summed E-state index contributed by atoms with van der Waals surface area (Å²) in [5.74, 6) is 0.833. The second-order valence-corrected chi connectivity index (χ2v) is 4.32. The van der Waals surface area contributed by atoms with Crippen molar-refractivity contribution in [2.24, 2.45) is 0 Å². The van der Waals surface area contributed by atoms with Crippen molar-refractivity contribution in [1.82, 2.24) is 14.9 Å². The van der Waals surface area contributed by atoms with Crippen LogP contribution in [0.25, 0.3) is 5.69 Å². The molecular weight excluding hydrogens is 240 g/mol. The minimum Gasteiger partial charge on any atom is -0.397 e. The number of nitrogens with one attached hydrogen (secondary N) is 1. The fourth-order valence-corrected chi connectivity index (χ4v) is 2.02. The second-order valence-electron chi connectivity index (χ2n) is 4.32. The molecule has 3 N–H and O–H groups in total. The van der Waals surface area contributed by atoms with Gasteiger partial charge in [0.2, 0.25) is 0 Å². The van der Waals surface area contributed by atoms with Crippen LogP contribution in [0.4, 0.5) is 5.69 Å².